The zero-order valence-electron chi connectivity index (χ0n) is 17.8. The fraction of sp³-hybridized carbons (Fsp3) is 0.333. The summed E-state index contributed by atoms with van der Waals surface area (Å²) in [5.74, 6) is 0.0246. The van der Waals surface area contributed by atoms with E-state index >= 15 is 0 Å². The number of ether oxygens (including phenoxy) is 4. The van der Waals surface area contributed by atoms with Crippen molar-refractivity contribution in [1.82, 2.24) is 0 Å². The van der Waals surface area contributed by atoms with Crippen LogP contribution in [0.25, 0.3) is 10.8 Å². The van der Waals surface area contributed by atoms with Gasteiger partial charge in [-0.3, -0.25) is 0 Å². The largest absolute Gasteiger partial charge is 0.489 e. The summed E-state index contributed by atoms with van der Waals surface area (Å²) in [6.07, 6.45) is 2.57. The molecule has 6 nitrogen and oxygen atoms in total. The smallest absolute Gasteiger partial charge is 0.330 e. The third-order valence-electron chi connectivity index (χ3n) is 4.56. The van der Waals surface area contributed by atoms with Crippen molar-refractivity contribution in [2.75, 3.05) is 13.2 Å². The normalized spacial score (nSPS) is 12.5. The van der Waals surface area contributed by atoms with Crippen LogP contribution >= 0.6 is 11.6 Å². The number of hydrogen-bond acceptors (Lipinski definition) is 6. The molecule has 166 valence electrons. The molecule has 0 spiro atoms. The van der Waals surface area contributed by atoms with Crippen molar-refractivity contribution in [3.05, 3.63) is 60.7 Å². The van der Waals surface area contributed by atoms with E-state index < -0.39 is 24.1 Å². The molecule has 0 aromatic heterocycles. The first kappa shape index (κ1) is 24.3. The van der Waals surface area contributed by atoms with Crippen molar-refractivity contribution in [3.63, 3.8) is 0 Å². The lowest BCUT2D eigenvalue weighted by molar-refractivity contribution is -0.145. The molecular formula is C24H27ClO6. The van der Waals surface area contributed by atoms with E-state index in [2.05, 4.69) is 13.2 Å². The number of hydrogen-bond donors (Lipinski definition) is 0. The third kappa shape index (κ3) is 6.76. The summed E-state index contributed by atoms with van der Waals surface area (Å²) in [4.78, 5) is 23.0. The van der Waals surface area contributed by atoms with E-state index in [1.165, 1.54) is 0 Å². The van der Waals surface area contributed by atoms with Gasteiger partial charge < -0.3 is 18.9 Å². The SMILES string of the molecule is C=CC(=O)OC(CC)COc1cc(Cl)c(OCC(CC)OC(=O)C=C)c2ccccc12. The molecule has 2 unspecified atom stereocenters. The molecule has 2 aromatic rings. The second kappa shape index (κ2) is 12.0. The maximum absolute atomic E-state index is 11.5. The van der Waals surface area contributed by atoms with Gasteiger partial charge in [0.15, 0.2) is 0 Å². The van der Waals surface area contributed by atoms with Crippen LogP contribution < -0.4 is 9.47 Å². The molecule has 0 N–H and O–H groups in total. The molecule has 0 fully saturated rings. The van der Waals surface area contributed by atoms with Gasteiger partial charge in [0.2, 0.25) is 0 Å². The summed E-state index contributed by atoms with van der Waals surface area (Å²) in [7, 11) is 0. The van der Waals surface area contributed by atoms with Crippen molar-refractivity contribution in [2.24, 2.45) is 0 Å². The van der Waals surface area contributed by atoms with Gasteiger partial charge in [-0.05, 0) is 12.8 Å². The van der Waals surface area contributed by atoms with E-state index in [0.29, 0.717) is 29.4 Å². The van der Waals surface area contributed by atoms with Crippen LogP contribution in [0.4, 0.5) is 0 Å². The maximum Gasteiger partial charge on any atom is 0.330 e. The standard InChI is InChI=1S/C24H27ClO6/c1-5-16(30-22(26)7-3)14-28-21-13-20(25)24(19-12-10-9-11-18(19)21)29-15-17(6-2)31-23(27)8-4/h7-13,16-17H,3-6,14-15H2,1-2H3. The van der Waals surface area contributed by atoms with Crippen LogP contribution in [0.15, 0.2) is 55.6 Å². The average molecular weight is 447 g/mol. The number of rotatable bonds is 12. The molecule has 0 heterocycles. The number of carbonyl (C=O) groups is 2. The second-order valence-corrected chi connectivity index (χ2v) is 7.10. The summed E-state index contributed by atoms with van der Waals surface area (Å²) in [5, 5.41) is 1.91. The van der Waals surface area contributed by atoms with Gasteiger partial charge in [0.25, 0.3) is 0 Å². The van der Waals surface area contributed by atoms with Gasteiger partial charge in [-0.1, -0.05) is 62.9 Å². The Morgan fingerprint density at radius 1 is 0.935 bits per heavy atom. The molecule has 31 heavy (non-hydrogen) atoms. The lowest BCUT2D eigenvalue weighted by Crippen LogP contribution is -2.24. The fourth-order valence-corrected chi connectivity index (χ4v) is 3.06. The lowest BCUT2D eigenvalue weighted by Gasteiger charge is -2.20. The Labute approximate surface area is 187 Å². The van der Waals surface area contributed by atoms with Crippen LogP contribution in [0.2, 0.25) is 5.02 Å². The number of carbonyl (C=O) groups excluding carboxylic acids is 2. The van der Waals surface area contributed by atoms with Crippen molar-refractivity contribution < 1.29 is 28.5 Å². The Morgan fingerprint density at radius 3 is 1.97 bits per heavy atom. The van der Waals surface area contributed by atoms with Crippen molar-refractivity contribution >= 4 is 34.3 Å². The van der Waals surface area contributed by atoms with Crippen LogP contribution in [0.1, 0.15) is 26.7 Å². The Balaban J connectivity index is 2.23. The summed E-state index contributed by atoms with van der Waals surface area (Å²) in [5.41, 5.74) is 0. The Bertz CT molecular complexity index is 939. The minimum Gasteiger partial charge on any atom is -0.489 e. The quantitative estimate of drug-likeness (QED) is 0.327. The average Bonchev–Trinajstić information content (AvgIpc) is 2.79. The molecule has 2 atom stereocenters. The van der Waals surface area contributed by atoms with Gasteiger partial charge in [-0.2, -0.15) is 0 Å². The molecule has 7 heteroatoms. The Hall–Kier alpha value is -2.99. The molecule has 0 aliphatic carbocycles. The molecule has 2 rings (SSSR count). The highest BCUT2D eigenvalue weighted by Crippen LogP contribution is 2.40. The van der Waals surface area contributed by atoms with E-state index in [1.807, 2.05) is 38.1 Å². The first-order valence-electron chi connectivity index (χ1n) is 10.1. The Morgan fingerprint density at radius 2 is 1.45 bits per heavy atom. The highest BCUT2D eigenvalue weighted by Gasteiger charge is 2.18. The van der Waals surface area contributed by atoms with Gasteiger partial charge in [0.05, 0.1) is 5.02 Å². The number of esters is 2. The number of halogens is 1. The Kier molecular flexibility index (Phi) is 9.40. The highest BCUT2D eigenvalue weighted by molar-refractivity contribution is 6.33. The molecular weight excluding hydrogens is 420 g/mol. The molecule has 0 amide bonds. The predicted octanol–water partition coefficient (Wildman–Crippen LogP) is 5.27. The van der Waals surface area contributed by atoms with Crippen LogP contribution in [-0.4, -0.2) is 37.4 Å². The summed E-state index contributed by atoms with van der Waals surface area (Å²) < 4.78 is 22.4. The zero-order chi connectivity index (χ0) is 22.8. The molecule has 0 saturated heterocycles. The van der Waals surface area contributed by atoms with Gasteiger partial charge in [0.1, 0.15) is 36.9 Å². The summed E-state index contributed by atoms with van der Waals surface area (Å²) in [6.45, 7) is 10.9. The second-order valence-electron chi connectivity index (χ2n) is 6.70. The zero-order valence-corrected chi connectivity index (χ0v) is 18.5. The minimum atomic E-state index is -0.502. The molecule has 0 radical (unpaired) electrons. The molecule has 0 saturated carbocycles. The third-order valence-corrected chi connectivity index (χ3v) is 4.84. The fourth-order valence-electron chi connectivity index (χ4n) is 2.80. The number of benzene rings is 2. The maximum atomic E-state index is 11.5. The van der Waals surface area contributed by atoms with Gasteiger partial charge >= 0.3 is 11.9 Å². The first-order valence-corrected chi connectivity index (χ1v) is 10.4. The first-order chi connectivity index (χ1) is 14.9. The lowest BCUT2D eigenvalue weighted by atomic mass is 10.1. The predicted molar refractivity (Wildman–Crippen MR) is 121 cm³/mol. The summed E-state index contributed by atoms with van der Waals surface area (Å²) in [6, 6.07) is 9.17. The van der Waals surface area contributed by atoms with Gasteiger partial charge in [0, 0.05) is 29.0 Å². The summed E-state index contributed by atoms with van der Waals surface area (Å²) >= 11 is 6.50. The van der Waals surface area contributed by atoms with Crippen LogP contribution in [-0.2, 0) is 19.1 Å². The molecule has 0 bridgehead atoms. The number of fused-ring (bicyclic) bond motifs is 1. The van der Waals surface area contributed by atoms with Gasteiger partial charge in [-0.25, -0.2) is 9.59 Å². The van der Waals surface area contributed by atoms with Crippen molar-refractivity contribution in [3.8, 4) is 11.5 Å². The molecule has 0 aliphatic heterocycles. The molecule has 0 aliphatic rings. The molecule has 2 aromatic carbocycles. The van der Waals surface area contributed by atoms with E-state index in [-0.39, 0.29) is 13.2 Å². The van der Waals surface area contributed by atoms with Crippen LogP contribution in [0, 0.1) is 0 Å². The van der Waals surface area contributed by atoms with Gasteiger partial charge in [-0.15, -0.1) is 0 Å². The van der Waals surface area contributed by atoms with E-state index in [4.69, 9.17) is 30.5 Å². The minimum absolute atomic E-state index is 0.148. The van der Waals surface area contributed by atoms with Crippen LogP contribution in [0.3, 0.4) is 0 Å². The van der Waals surface area contributed by atoms with Crippen molar-refractivity contribution in [1.29, 1.82) is 0 Å². The van der Waals surface area contributed by atoms with E-state index in [1.54, 1.807) is 6.07 Å². The topological polar surface area (TPSA) is 71.1 Å². The van der Waals surface area contributed by atoms with E-state index in [9.17, 15) is 9.59 Å². The van der Waals surface area contributed by atoms with E-state index in [0.717, 1.165) is 22.9 Å². The monoisotopic (exact) mass is 446 g/mol. The van der Waals surface area contributed by atoms with Crippen LogP contribution in [0.5, 0.6) is 11.5 Å². The highest BCUT2D eigenvalue weighted by atomic mass is 35.5. The van der Waals surface area contributed by atoms with Crippen molar-refractivity contribution in [2.45, 2.75) is 38.9 Å².